The molecular weight excluding hydrogens is 318 g/mol. The van der Waals surface area contributed by atoms with E-state index in [0.29, 0.717) is 26.0 Å². The zero-order valence-electron chi connectivity index (χ0n) is 15.0. The minimum Gasteiger partial charge on any atom is -0.497 e. The molecule has 0 aliphatic rings. The lowest BCUT2D eigenvalue weighted by Crippen LogP contribution is -2.27. The Hall–Kier alpha value is -2.69. The van der Waals surface area contributed by atoms with Crippen molar-refractivity contribution in [2.45, 2.75) is 19.8 Å². The van der Waals surface area contributed by atoms with E-state index in [1.807, 2.05) is 49.4 Å². The first kappa shape index (κ1) is 18.6. The number of rotatable bonds is 9. The maximum Gasteiger partial charge on any atom is 0.224 e. The Bertz CT molecular complexity index is 683. The largest absolute Gasteiger partial charge is 0.497 e. The number of carbonyl (C=O) groups is 1. The smallest absolute Gasteiger partial charge is 0.224 e. The molecule has 2 rings (SSSR count). The monoisotopic (exact) mass is 343 g/mol. The quantitative estimate of drug-likeness (QED) is 0.760. The van der Waals surface area contributed by atoms with E-state index in [1.165, 1.54) is 0 Å². The van der Waals surface area contributed by atoms with Gasteiger partial charge in [0.2, 0.25) is 5.91 Å². The van der Waals surface area contributed by atoms with Crippen LogP contribution in [0.2, 0.25) is 0 Å². The van der Waals surface area contributed by atoms with Crippen LogP contribution >= 0.6 is 0 Å². The minimum absolute atomic E-state index is 0.00311. The van der Waals surface area contributed by atoms with Gasteiger partial charge in [-0.05, 0) is 42.7 Å². The van der Waals surface area contributed by atoms with Crippen LogP contribution < -0.4 is 19.5 Å². The molecular formula is C20H25NO4. The second-order valence-corrected chi connectivity index (χ2v) is 5.53. The van der Waals surface area contributed by atoms with Crippen molar-refractivity contribution in [2.75, 3.05) is 27.4 Å². The molecule has 0 saturated carbocycles. The Labute approximate surface area is 148 Å². The molecule has 0 aromatic heterocycles. The van der Waals surface area contributed by atoms with E-state index >= 15 is 0 Å². The number of hydrogen-bond donors (Lipinski definition) is 1. The number of nitrogens with one attached hydrogen (secondary N) is 1. The lowest BCUT2D eigenvalue weighted by atomic mass is 10.1. The summed E-state index contributed by atoms with van der Waals surface area (Å²) in [4.78, 5) is 12.1. The van der Waals surface area contributed by atoms with Crippen LogP contribution in [0, 0.1) is 0 Å². The molecule has 5 heteroatoms. The molecule has 2 aromatic rings. The number of benzene rings is 2. The van der Waals surface area contributed by atoms with Crippen LogP contribution in [-0.2, 0) is 17.6 Å². The van der Waals surface area contributed by atoms with E-state index in [-0.39, 0.29) is 5.91 Å². The summed E-state index contributed by atoms with van der Waals surface area (Å²) in [6.07, 6.45) is 1.05. The molecule has 134 valence electrons. The Kier molecular flexibility index (Phi) is 7.14. The predicted octanol–water partition coefficient (Wildman–Crippen LogP) is 3.00. The minimum atomic E-state index is -0.00311. The van der Waals surface area contributed by atoms with Crippen LogP contribution in [0.1, 0.15) is 18.1 Å². The maximum atomic E-state index is 12.1. The summed E-state index contributed by atoms with van der Waals surface area (Å²) in [5.74, 6) is 2.33. The second-order valence-electron chi connectivity index (χ2n) is 5.53. The summed E-state index contributed by atoms with van der Waals surface area (Å²) in [6, 6.07) is 13.3. The van der Waals surface area contributed by atoms with Gasteiger partial charge in [-0.1, -0.05) is 18.2 Å². The lowest BCUT2D eigenvalue weighted by Gasteiger charge is -2.11. The van der Waals surface area contributed by atoms with Crippen molar-refractivity contribution in [2.24, 2.45) is 0 Å². The van der Waals surface area contributed by atoms with Crippen LogP contribution in [0.15, 0.2) is 42.5 Å². The molecule has 0 fully saturated rings. The molecule has 0 unspecified atom stereocenters. The molecule has 0 radical (unpaired) electrons. The van der Waals surface area contributed by atoms with Crippen molar-refractivity contribution in [1.82, 2.24) is 5.32 Å². The van der Waals surface area contributed by atoms with Gasteiger partial charge in [0.1, 0.15) is 17.2 Å². The third-order valence-corrected chi connectivity index (χ3v) is 3.81. The molecule has 0 atom stereocenters. The van der Waals surface area contributed by atoms with Crippen LogP contribution in [-0.4, -0.2) is 33.3 Å². The third kappa shape index (κ3) is 5.71. The average Bonchev–Trinajstić information content (AvgIpc) is 2.63. The van der Waals surface area contributed by atoms with E-state index < -0.39 is 0 Å². The summed E-state index contributed by atoms with van der Waals surface area (Å²) < 4.78 is 15.9. The summed E-state index contributed by atoms with van der Waals surface area (Å²) in [6.45, 7) is 3.13. The van der Waals surface area contributed by atoms with Gasteiger partial charge in [0, 0.05) is 12.6 Å². The van der Waals surface area contributed by atoms with Crippen molar-refractivity contribution in [3.63, 3.8) is 0 Å². The predicted molar refractivity (Wildman–Crippen MR) is 97.6 cm³/mol. The van der Waals surface area contributed by atoms with Gasteiger partial charge >= 0.3 is 0 Å². The normalized spacial score (nSPS) is 10.2. The summed E-state index contributed by atoms with van der Waals surface area (Å²) >= 11 is 0. The number of carbonyl (C=O) groups excluding carboxylic acids is 1. The van der Waals surface area contributed by atoms with E-state index in [9.17, 15) is 4.79 Å². The van der Waals surface area contributed by atoms with Gasteiger partial charge in [0.05, 0.1) is 27.2 Å². The van der Waals surface area contributed by atoms with Gasteiger partial charge in [-0.15, -0.1) is 0 Å². The summed E-state index contributed by atoms with van der Waals surface area (Å²) in [5.41, 5.74) is 1.99. The Morgan fingerprint density at radius 3 is 2.36 bits per heavy atom. The standard InChI is InChI=1S/C20H25NO4/c1-4-25-17-8-5-15(6-9-17)13-20(22)21-12-11-16-7-10-18(23-2)14-19(16)24-3/h5-10,14H,4,11-13H2,1-3H3,(H,21,22). The molecule has 1 amide bonds. The van der Waals surface area contributed by atoms with Crippen LogP contribution in [0.3, 0.4) is 0 Å². The fourth-order valence-electron chi connectivity index (χ4n) is 2.51. The summed E-state index contributed by atoms with van der Waals surface area (Å²) in [5, 5.41) is 2.94. The first-order valence-electron chi connectivity index (χ1n) is 8.35. The molecule has 0 bridgehead atoms. The molecule has 25 heavy (non-hydrogen) atoms. The highest BCUT2D eigenvalue weighted by atomic mass is 16.5. The van der Waals surface area contributed by atoms with Crippen molar-refractivity contribution >= 4 is 5.91 Å². The first-order valence-corrected chi connectivity index (χ1v) is 8.35. The van der Waals surface area contributed by atoms with Gasteiger partial charge in [-0.3, -0.25) is 4.79 Å². The van der Waals surface area contributed by atoms with Crippen LogP contribution in [0.25, 0.3) is 0 Å². The van der Waals surface area contributed by atoms with E-state index in [4.69, 9.17) is 14.2 Å². The Morgan fingerprint density at radius 2 is 1.72 bits per heavy atom. The zero-order valence-corrected chi connectivity index (χ0v) is 15.0. The fourth-order valence-corrected chi connectivity index (χ4v) is 2.51. The SMILES string of the molecule is CCOc1ccc(CC(=O)NCCc2ccc(OC)cc2OC)cc1. The topological polar surface area (TPSA) is 56.8 Å². The van der Waals surface area contributed by atoms with Gasteiger partial charge in [0.25, 0.3) is 0 Å². The molecule has 0 aliphatic heterocycles. The highest BCUT2D eigenvalue weighted by Gasteiger charge is 2.07. The van der Waals surface area contributed by atoms with Crippen molar-refractivity contribution in [3.8, 4) is 17.2 Å². The van der Waals surface area contributed by atoms with Gasteiger partial charge in [-0.2, -0.15) is 0 Å². The van der Waals surface area contributed by atoms with Crippen molar-refractivity contribution < 1.29 is 19.0 Å². The Balaban J connectivity index is 1.82. The summed E-state index contributed by atoms with van der Waals surface area (Å²) in [7, 11) is 3.25. The number of methoxy groups -OCH3 is 2. The van der Waals surface area contributed by atoms with E-state index in [1.54, 1.807) is 14.2 Å². The number of ether oxygens (including phenoxy) is 3. The van der Waals surface area contributed by atoms with E-state index in [0.717, 1.165) is 28.4 Å². The first-order chi connectivity index (χ1) is 12.2. The third-order valence-electron chi connectivity index (χ3n) is 3.81. The lowest BCUT2D eigenvalue weighted by molar-refractivity contribution is -0.120. The highest BCUT2D eigenvalue weighted by Crippen LogP contribution is 2.24. The number of hydrogen-bond acceptors (Lipinski definition) is 4. The van der Waals surface area contributed by atoms with Gasteiger partial charge < -0.3 is 19.5 Å². The average molecular weight is 343 g/mol. The Morgan fingerprint density at radius 1 is 1.00 bits per heavy atom. The molecule has 0 heterocycles. The van der Waals surface area contributed by atoms with E-state index in [2.05, 4.69) is 5.32 Å². The van der Waals surface area contributed by atoms with Crippen molar-refractivity contribution in [1.29, 1.82) is 0 Å². The molecule has 1 N–H and O–H groups in total. The van der Waals surface area contributed by atoms with Crippen LogP contribution in [0.4, 0.5) is 0 Å². The molecule has 0 spiro atoms. The molecule has 5 nitrogen and oxygen atoms in total. The number of amides is 1. The van der Waals surface area contributed by atoms with Gasteiger partial charge in [-0.25, -0.2) is 0 Å². The highest BCUT2D eigenvalue weighted by molar-refractivity contribution is 5.78. The second kappa shape index (κ2) is 9.57. The van der Waals surface area contributed by atoms with Crippen molar-refractivity contribution in [3.05, 3.63) is 53.6 Å². The van der Waals surface area contributed by atoms with Gasteiger partial charge in [0.15, 0.2) is 0 Å². The fraction of sp³-hybridized carbons (Fsp3) is 0.350. The molecule has 0 saturated heterocycles. The zero-order chi connectivity index (χ0) is 18.1. The maximum absolute atomic E-state index is 12.1. The van der Waals surface area contributed by atoms with Crippen LogP contribution in [0.5, 0.6) is 17.2 Å². The molecule has 0 aliphatic carbocycles. The molecule has 2 aromatic carbocycles.